The molecule has 0 aliphatic rings. The first-order valence-electron chi connectivity index (χ1n) is 9.36. The molecule has 7 nitrogen and oxygen atoms in total. The van der Waals surface area contributed by atoms with Crippen LogP contribution in [0.4, 0.5) is 33.8 Å². The number of sulfonamides is 1. The van der Waals surface area contributed by atoms with Gasteiger partial charge in [-0.05, 0) is 46.5 Å². The average Bonchev–Trinajstić information content (AvgIpc) is 3.20. The number of amides is 2. The molecule has 3 rings (SSSR count). The van der Waals surface area contributed by atoms with Gasteiger partial charge in [0.05, 0.1) is 28.2 Å². The Morgan fingerprint density at radius 2 is 1.58 bits per heavy atom. The fourth-order valence-electron chi connectivity index (χ4n) is 2.66. The Morgan fingerprint density at radius 3 is 2.09 bits per heavy atom. The minimum Gasteiger partial charge on any atom is -0.308 e. The molecule has 176 valence electrons. The van der Waals surface area contributed by atoms with E-state index >= 15 is 0 Å². The maximum atomic E-state index is 13.4. The van der Waals surface area contributed by atoms with Crippen LogP contribution in [0.15, 0.2) is 54.7 Å². The van der Waals surface area contributed by atoms with E-state index in [-0.39, 0.29) is 23.2 Å². The number of rotatable bonds is 7. The van der Waals surface area contributed by atoms with Crippen molar-refractivity contribution in [1.29, 1.82) is 0 Å². The summed E-state index contributed by atoms with van der Waals surface area (Å²) in [4.78, 5) is 17.0. The van der Waals surface area contributed by atoms with Crippen molar-refractivity contribution in [3.05, 3.63) is 65.3 Å². The summed E-state index contributed by atoms with van der Waals surface area (Å²) in [7, 11) is -3.90. The van der Waals surface area contributed by atoms with Gasteiger partial charge in [0, 0.05) is 24.0 Å². The summed E-state index contributed by atoms with van der Waals surface area (Å²) in [5, 5.41) is 5.59. The van der Waals surface area contributed by atoms with Gasteiger partial charge in [0.25, 0.3) is 0 Å². The molecule has 0 aliphatic carbocycles. The van der Waals surface area contributed by atoms with Crippen LogP contribution in [0.1, 0.15) is 10.6 Å². The third-order valence-corrected chi connectivity index (χ3v) is 6.32. The molecule has 1 heterocycles. The maximum Gasteiger partial charge on any atom is 0.416 e. The molecule has 0 spiro atoms. The van der Waals surface area contributed by atoms with Gasteiger partial charge in [0.1, 0.15) is 0 Å². The summed E-state index contributed by atoms with van der Waals surface area (Å²) in [6, 6.07) is 10.2. The number of benzene rings is 2. The molecule has 3 aromatic rings. The number of alkyl halides is 3. The fraction of sp³-hybridized carbons (Fsp3) is 0.200. The molecule has 0 saturated heterocycles. The van der Waals surface area contributed by atoms with Crippen LogP contribution in [-0.4, -0.2) is 36.8 Å². The van der Waals surface area contributed by atoms with E-state index in [1.807, 2.05) is 0 Å². The Morgan fingerprint density at radius 1 is 1.03 bits per heavy atom. The average molecular weight is 503 g/mol. The van der Waals surface area contributed by atoms with E-state index in [9.17, 15) is 30.9 Å². The van der Waals surface area contributed by atoms with Gasteiger partial charge in [-0.15, -0.1) is 15.8 Å². The topological polar surface area (TPSA) is 91.4 Å². The second kappa shape index (κ2) is 9.85. The first-order valence-corrected chi connectivity index (χ1v) is 12.0. The van der Waals surface area contributed by atoms with E-state index in [0.29, 0.717) is 10.7 Å². The quantitative estimate of drug-likeness (QED) is 0.345. The lowest BCUT2D eigenvalue weighted by molar-refractivity contribution is -0.137. The summed E-state index contributed by atoms with van der Waals surface area (Å²) >= 11 is 1.28. The Bertz CT molecular complexity index is 1210. The molecule has 0 aliphatic heterocycles. The summed E-state index contributed by atoms with van der Waals surface area (Å²) in [6.07, 6.45) is -1.97. The molecule has 2 N–H and O–H groups in total. The van der Waals surface area contributed by atoms with Crippen LogP contribution in [0.5, 0.6) is 0 Å². The minimum absolute atomic E-state index is 0.123. The van der Waals surface area contributed by atoms with Crippen LogP contribution in [0.2, 0.25) is 0 Å². The highest BCUT2D eigenvalue weighted by molar-refractivity contribution is 7.88. The molecule has 1 aromatic heterocycles. The van der Waals surface area contributed by atoms with Crippen molar-refractivity contribution in [2.24, 2.45) is 0 Å². The first-order chi connectivity index (χ1) is 15.4. The molecule has 0 atom stereocenters. The van der Waals surface area contributed by atoms with E-state index in [1.54, 1.807) is 30.5 Å². The number of halogens is 4. The Kier molecular flexibility index (Phi) is 7.34. The van der Waals surface area contributed by atoms with Crippen molar-refractivity contribution in [3.63, 3.8) is 0 Å². The third kappa shape index (κ3) is 6.97. The molecular weight excluding hydrogens is 484 g/mol. The number of urea groups is 1. The van der Waals surface area contributed by atoms with Crippen LogP contribution < -0.4 is 10.6 Å². The van der Waals surface area contributed by atoms with Gasteiger partial charge in [0.2, 0.25) is 10.0 Å². The predicted octanol–water partition coefficient (Wildman–Crippen LogP) is 5.16. The van der Waals surface area contributed by atoms with Crippen LogP contribution in [-0.2, 0) is 22.6 Å². The summed E-state index contributed by atoms with van der Waals surface area (Å²) in [5.74, 6) is 0. The van der Waals surface area contributed by atoms with Crippen molar-refractivity contribution >= 4 is 38.8 Å². The van der Waals surface area contributed by atoms with Gasteiger partial charge < -0.3 is 10.6 Å². The van der Waals surface area contributed by atoms with E-state index in [0.717, 1.165) is 41.0 Å². The number of aromatic nitrogens is 1. The number of nitrogens with one attached hydrogen (secondary N) is 2. The highest BCUT2D eigenvalue weighted by Crippen LogP contribution is 2.30. The number of hydrogen-bond donors (Lipinski definition) is 2. The molecule has 0 saturated carbocycles. The largest absolute Gasteiger partial charge is 0.416 e. The van der Waals surface area contributed by atoms with Crippen molar-refractivity contribution in [1.82, 2.24) is 9.51 Å². The molecule has 0 bridgehead atoms. The first kappa shape index (κ1) is 24.6. The zero-order valence-electron chi connectivity index (χ0n) is 17.1. The predicted molar refractivity (Wildman–Crippen MR) is 118 cm³/mol. The van der Waals surface area contributed by atoms with Crippen LogP contribution in [0.25, 0.3) is 10.4 Å². The van der Waals surface area contributed by atoms with E-state index < -0.39 is 27.8 Å². The molecule has 33 heavy (non-hydrogen) atoms. The molecule has 13 heteroatoms. The van der Waals surface area contributed by atoms with Gasteiger partial charge in [0.15, 0.2) is 0 Å². The molecule has 0 unspecified atom stereocenters. The van der Waals surface area contributed by atoms with Crippen molar-refractivity contribution < 1.29 is 30.9 Å². The van der Waals surface area contributed by atoms with Crippen LogP contribution in [0.3, 0.4) is 0 Å². The Balaban J connectivity index is 1.56. The minimum atomic E-state index is -4.45. The van der Waals surface area contributed by atoms with Crippen LogP contribution in [0, 0.1) is 0 Å². The number of hydrogen-bond acceptors (Lipinski definition) is 5. The van der Waals surface area contributed by atoms with Crippen LogP contribution >= 0.6 is 11.3 Å². The van der Waals surface area contributed by atoms with E-state index in [2.05, 4.69) is 15.6 Å². The number of anilines is 2. The lowest BCUT2D eigenvalue weighted by Crippen LogP contribution is -2.23. The van der Waals surface area contributed by atoms with E-state index in [1.165, 1.54) is 11.3 Å². The van der Waals surface area contributed by atoms with Gasteiger partial charge in [-0.2, -0.15) is 13.2 Å². The third-order valence-electron chi connectivity index (χ3n) is 4.31. The molecule has 2 aromatic carbocycles. The van der Waals surface area contributed by atoms with Gasteiger partial charge >= 0.3 is 12.2 Å². The number of nitrogens with zero attached hydrogens (tertiary/aromatic N) is 2. The Hall–Kier alpha value is -3.03. The summed E-state index contributed by atoms with van der Waals surface area (Å²) < 4.78 is 73.2. The second-order valence-corrected chi connectivity index (χ2v) is 9.85. The monoisotopic (exact) mass is 502 g/mol. The smallest absolute Gasteiger partial charge is 0.308 e. The normalized spacial score (nSPS) is 12.1. The fourth-order valence-corrected chi connectivity index (χ4v) is 4.00. The zero-order valence-corrected chi connectivity index (χ0v) is 18.7. The number of carbonyl (C=O) groups is 1. The second-order valence-electron chi connectivity index (χ2n) is 6.87. The molecule has 0 radical (unpaired) electrons. The van der Waals surface area contributed by atoms with E-state index in [4.69, 9.17) is 0 Å². The maximum absolute atomic E-state index is 13.4. The number of thiazole rings is 1. The molecule has 0 fully saturated rings. The molecular formula is C20H18F4N4O3S2. The SMILES string of the molecule is CS(=O)(=O)N(F)CCc1ncc(-c2ccc(NC(=O)Nc3ccc(C(F)(F)F)cc3)cc2)s1. The highest BCUT2D eigenvalue weighted by atomic mass is 32.2. The number of carbonyl (C=O) groups excluding carboxylic acids is 1. The zero-order chi connectivity index (χ0) is 24.2. The lowest BCUT2D eigenvalue weighted by Gasteiger charge is -2.10. The van der Waals surface area contributed by atoms with Gasteiger partial charge in [-0.25, -0.2) is 18.2 Å². The van der Waals surface area contributed by atoms with Gasteiger partial charge in [-0.3, -0.25) is 0 Å². The molecule has 2 amide bonds. The lowest BCUT2D eigenvalue weighted by atomic mass is 10.2. The summed E-state index contributed by atoms with van der Waals surface area (Å²) in [6.45, 7) is -0.331. The van der Waals surface area contributed by atoms with Crippen molar-refractivity contribution in [2.45, 2.75) is 12.6 Å². The summed E-state index contributed by atoms with van der Waals surface area (Å²) in [5.41, 5.74) is 0.631. The Labute approximate surface area is 191 Å². The van der Waals surface area contributed by atoms with Crippen molar-refractivity contribution in [3.8, 4) is 10.4 Å². The highest BCUT2D eigenvalue weighted by Gasteiger charge is 2.30. The standard InChI is InChI=1S/C20H18F4N4O3S2/c1-33(30,31)28(24)11-10-18-25-12-17(32-18)13-2-6-15(7-3-13)26-19(29)27-16-8-4-14(5-9-16)20(21,22)23/h2-9,12H,10-11H2,1H3,(H2,26,27,29). The van der Waals surface area contributed by atoms with Crippen molar-refractivity contribution in [2.75, 3.05) is 23.4 Å². The van der Waals surface area contributed by atoms with Gasteiger partial charge in [-0.1, -0.05) is 12.1 Å².